The Hall–Kier alpha value is -2.88. The van der Waals surface area contributed by atoms with Gasteiger partial charge >= 0.3 is 6.18 Å². The van der Waals surface area contributed by atoms with Crippen LogP contribution < -0.4 is 5.32 Å². The molecule has 10 heteroatoms. The Morgan fingerprint density at radius 1 is 0.969 bits per heavy atom. The van der Waals surface area contributed by atoms with Gasteiger partial charge in [0.25, 0.3) is 11.8 Å². The maximum Gasteiger partial charge on any atom is 0.417 e. The summed E-state index contributed by atoms with van der Waals surface area (Å²) in [5.74, 6) is -1.47. The number of carbonyl (C=O) groups is 3. The maximum atomic E-state index is 13.3. The predicted octanol–water partition coefficient (Wildman–Crippen LogP) is 3.51. The molecule has 3 rings (SSSR count). The highest BCUT2D eigenvalue weighted by molar-refractivity contribution is 7.12. The molecule has 1 aromatic heterocycles. The van der Waals surface area contributed by atoms with Gasteiger partial charge in [0.2, 0.25) is 5.91 Å². The van der Waals surface area contributed by atoms with E-state index in [1.165, 1.54) is 28.4 Å². The number of piperazine rings is 1. The van der Waals surface area contributed by atoms with Crippen LogP contribution in [-0.2, 0) is 11.0 Å². The number of nitrogens with zero attached hydrogens (tertiary/aromatic N) is 2. The Bertz CT molecular complexity index is 968. The number of thiophene rings is 1. The normalized spacial score (nSPS) is 15.6. The molecule has 1 saturated heterocycles. The van der Waals surface area contributed by atoms with Crippen molar-refractivity contribution in [1.29, 1.82) is 0 Å². The van der Waals surface area contributed by atoms with E-state index >= 15 is 0 Å². The van der Waals surface area contributed by atoms with E-state index in [0.29, 0.717) is 4.88 Å². The Morgan fingerprint density at radius 3 is 2.16 bits per heavy atom. The smallest absolute Gasteiger partial charge is 0.339 e. The largest absolute Gasteiger partial charge is 0.417 e. The minimum Gasteiger partial charge on any atom is -0.339 e. The van der Waals surface area contributed by atoms with Crippen LogP contribution in [-0.4, -0.2) is 59.7 Å². The number of amides is 3. The summed E-state index contributed by atoms with van der Waals surface area (Å²) >= 11 is 1.28. The Kier molecular flexibility index (Phi) is 7.22. The molecule has 0 spiro atoms. The summed E-state index contributed by atoms with van der Waals surface area (Å²) in [6, 6.07) is 7.37. The SMILES string of the molecule is CC(C)C(NC(=O)c1cccs1)C(=O)N1CCN(C(=O)c2ccccc2C(F)(F)F)CC1. The molecule has 172 valence electrons. The van der Waals surface area contributed by atoms with Crippen molar-refractivity contribution in [2.24, 2.45) is 5.92 Å². The van der Waals surface area contributed by atoms with E-state index in [1.807, 2.05) is 13.8 Å². The second-order valence-electron chi connectivity index (χ2n) is 7.83. The Labute approximate surface area is 188 Å². The third-order valence-corrected chi connectivity index (χ3v) is 6.17. The Balaban J connectivity index is 1.65. The number of nitrogens with one attached hydrogen (secondary N) is 1. The number of halogens is 3. The van der Waals surface area contributed by atoms with Crippen LogP contribution in [0.1, 0.15) is 39.4 Å². The fourth-order valence-electron chi connectivity index (χ4n) is 3.55. The van der Waals surface area contributed by atoms with Crippen molar-refractivity contribution in [1.82, 2.24) is 15.1 Å². The standard InChI is InChI=1S/C22H24F3N3O3S/c1-14(2)18(26-19(29)17-8-5-13-32-17)21(31)28-11-9-27(10-12-28)20(30)15-6-3-4-7-16(15)22(23,24)25/h3-8,13-14,18H,9-12H2,1-2H3,(H,26,29). The van der Waals surface area contributed by atoms with Crippen LogP contribution in [0.3, 0.4) is 0 Å². The van der Waals surface area contributed by atoms with Crippen molar-refractivity contribution in [2.75, 3.05) is 26.2 Å². The fraction of sp³-hybridized carbons (Fsp3) is 0.409. The van der Waals surface area contributed by atoms with Gasteiger partial charge in [0.1, 0.15) is 6.04 Å². The molecule has 1 aliphatic heterocycles. The quantitative estimate of drug-likeness (QED) is 0.732. The van der Waals surface area contributed by atoms with Crippen molar-refractivity contribution in [3.63, 3.8) is 0 Å². The minimum atomic E-state index is -4.63. The molecule has 0 saturated carbocycles. The lowest BCUT2D eigenvalue weighted by molar-refractivity contribution is -0.138. The highest BCUT2D eigenvalue weighted by atomic mass is 32.1. The van der Waals surface area contributed by atoms with Gasteiger partial charge in [0.15, 0.2) is 0 Å². The van der Waals surface area contributed by atoms with E-state index in [4.69, 9.17) is 0 Å². The third-order valence-electron chi connectivity index (χ3n) is 5.31. The third kappa shape index (κ3) is 5.29. The van der Waals surface area contributed by atoms with Crippen molar-refractivity contribution in [2.45, 2.75) is 26.1 Å². The van der Waals surface area contributed by atoms with Crippen molar-refractivity contribution in [3.8, 4) is 0 Å². The van der Waals surface area contributed by atoms with Gasteiger partial charge in [0.05, 0.1) is 16.0 Å². The number of alkyl halides is 3. The van der Waals surface area contributed by atoms with E-state index in [9.17, 15) is 27.6 Å². The summed E-state index contributed by atoms with van der Waals surface area (Å²) in [5, 5.41) is 4.55. The second-order valence-corrected chi connectivity index (χ2v) is 8.78. The van der Waals surface area contributed by atoms with Gasteiger partial charge in [-0.15, -0.1) is 11.3 Å². The molecular weight excluding hydrogens is 443 g/mol. The number of hydrogen-bond acceptors (Lipinski definition) is 4. The molecule has 1 aliphatic rings. The first-order chi connectivity index (χ1) is 15.1. The zero-order chi connectivity index (χ0) is 23.5. The summed E-state index contributed by atoms with van der Waals surface area (Å²) in [7, 11) is 0. The fourth-order valence-corrected chi connectivity index (χ4v) is 4.17. The van der Waals surface area contributed by atoms with Gasteiger partial charge in [-0.3, -0.25) is 14.4 Å². The highest BCUT2D eigenvalue weighted by Crippen LogP contribution is 2.32. The summed E-state index contributed by atoms with van der Waals surface area (Å²) < 4.78 is 39.8. The van der Waals surface area contributed by atoms with E-state index in [1.54, 1.807) is 22.4 Å². The van der Waals surface area contributed by atoms with Gasteiger partial charge in [-0.2, -0.15) is 13.2 Å². The summed E-state index contributed by atoms with van der Waals surface area (Å²) in [6.45, 7) is 4.23. The monoisotopic (exact) mass is 467 g/mol. The summed E-state index contributed by atoms with van der Waals surface area (Å²) in [4.78, 5) is 41.5. The molecule has 1 atom stereocenters. The summed E-state index contributed by atoms with van der Waals surface area (Å²) in [6.07, 6.45) is -4.63. The lowest BCUT2D eigenvalue weighted by Crippen LogP contribution is -2.57. The summed E-state index contributed by atoms with van der Waals surface area (Å²) in [5.41, 5.74) is -1.37. The van der Waals surface area contributed by atoms with E-state index in [0.717, 1.165) is 12.1 Å². The minimum absolute atomic E-state index is 0.112. The number of rotatable bonds is 5. The van der Waals surface area contributed by atoms with Crippen LogP contribution in [0.25, 0.3) is 0 Å². The predicted molar refractivity (Wildman–Crippen MR) is 114 cm³/mol. The molecule has 3 amide bonds. The zero-order valence-electron chi connectivity index (χ0n) is 17.7. The van der Waals surface area contributed by atoms with Crippen molar-refractivity contribution >= 4 is 29.1 Å². The van der Waals surface area contributed by atoms with E-state index in [2.05, 4.69) is 5.32 Å². The van der Waals surface area contributed by atoms with Gasteiger partial charge in [0, 0.05) is 26.2 Å². The first-order valence-corrected chi connectivity index (χ1v) is 11.1. The zero-order valence-corrected chi connectivity index (χ0v) is 18.5. The number of carbonyl (C=O) groups excluding carboxylic acids is 3. The highest BCUT2D eigenvalue weighted by Gasteiger charge is 2.37. The average molecular weight is 468 g/mol. The molecule has 32 heavy (non-hydrogen) atoms. The first kappa shape index (κ1) is 23.8. The first-order valence-electron chi connectivity index (χ1n) is 10.2. The molecule has 1 unspecified atom stereocenters. The van der Waals surface area contributed by atoms with Crippen LogP contribution in [0, 0.1) is 5.92 Å². The van der Waals surface area contributed by atoms with Gasteiger partial charge in [-0.25, -0.2) is 0 Å². The van der Waals surface area contributed by atoms with Gasteiger partial charge in [-0.05, 0) is 29.5 Å². The topological polar surface area (TPSA) is 69.7 Å². The van der Waals surface area contributed by atoms with E-state index < -0.39 is 29.3 Å². The molecule has 1 aromatic carbocycles. The van der Waals surface area contributed by atoms with Crippen LogP contribution in [0.5, 0.6) is 0 Å². The van der Waals surface area contributed by atoms with Crippen molar-refractivity contribution in [3.05, 3.63) is 57.8 Å². The van der Waals surface area contributed by atoms with E-state index in [-0.39, 0.29) is 43.9 Å². The average Bonchev–Trinajstić information content (AvgIpc) is 3.31. The maximum absolute atomic E-state index is 13.3. The molecule has 0 radical (unpaired) electrons. The lowest BCUT2D eigenvalue weighted by Gasteiger charge is -2.37. The van der Waals surface area contributed by atoms with Crippen LogP contribution >= 0.6 is 11.3 Å². The molecule has 0 aliphatic carbocycles. The lowest BCUT2D eigenvalue weighted by atomic mass is 10.0. The van der Waals surface area contributed by atoms with Crippen molar-refractivity contribution < 1.29 is 27.6 Å². The Morgan fingerprint density at radius 2 is 1.59 bits per heavy atom. The van der Waals surface area contributed by atoms with Gasteiger partial charge in [-0.1, -0.05) is 32.0 Å². The molecule has 0 bridgehead atoms. The molecule has 1 N–H and O–H groups in total. The molecular formula is C22H24F3N3O3S. The molecule has 2 aromatic rings. The number of hydrogen-bond donors (Lipinski definition) is 1. The molecule has 6 nitrogen and oxygen atoms in total. The molecule has 2 heterocycles. The van der Waals surface area contributed by atoms with Gasteiger partial charge < -0.3 is 15.1 Å². The van der Waals surface area contributed by atoms with Crippen LogP contribution in [0.4, 0.5) is 13.2 Å². The van der Waals surface area contributed by atoms with Crippen LogP contribution in [0.2, 0.25) is 0 Å². The van der Waals surface area contributed by atoms with Crippen LogP contribution in [0.15, 0.2) is 41.8 Å². The second kappa shape index (κ2) is 9.72. The number of benzene rings is 1. The molecule has 1 fully saturated rings.